The summed E-state index contributed by atoms with van der Waals surface area (Å²) in [5, 5.41) is 0. The highest BCUT2D eigenvalue weighted by Crippen LogP contribution is 2.00. The highest BCUT2D eigenvalue weighted by Gasteiger charge is 1.89. The van der Waals surface area contributed by atoms with Gasteiger partial charge in [-0.3, -0.25) is 0 Å². The average Bonchev–Trinajstić information content (AvgIpc) is 2.05. The Bertz CT molecular complexity index is 165. The van der Waals surface area contributed by atoms with Crippen LogP contribution >= 0.6 is 0 Å². The molecule has 0 aromatic heterocycles. The standard InChI is InChI=1S/C10H20N2O/c1-3-5-9(11)7-13-8-10(12)6-4-2/h7-8H,3-6,11-12H2,1-2H3. The SMILES string of the molecule is CCCC(N)=COC=C(N)CCC. The summed E-state index contributed by atoms with van der Waals surface area (Å²) >= 11 is 0. The molecule has 0 fully saturated rings. The third-order valence-electron chi connectivity index (χ3n) is 1.52. The van der Waals surface area contributed by atoms with Crippen molar-refractivity contribution in [3.05, 3.63) is 23.9 Å². The molecule has 0 aromatic rings. The molecule has 76 valence electrons. The molecule has 0 rings (SSSR count). The summed E-state index contributed by atoms with van der Waals surface area (Å²) in [7, 11) is 0. The Balaban J connectivity index is 3.74. The molecule has 0 aliphatic heterocycles. The molecular weight excluding hydrogens is 164 g/mol. The van der Waals surface area contributed by atoms with Crippen LogP contribution in [0.15, 0.2) is 23.9 Å². The lowest BCUT2D eigenvalue weighted by Gasteiger charge is -1.99. The Morgan fingerprint density at radius 3 is 1.69 bits per heavy atom. The van der Waals surface area contributed by atoms with Crippen LogP contribution in [-0.4, -0.2) is 0 Å². The second-order valence-corrected chi connectivity index (χ2v) is 3.02. The minimum atomic E-state index is 0.753. The second-order valence-electron chi connectivity index (χ2n) is 3.02. The zero-order valence-corrected chi connectivity index (χ0v) is 8.55. The average molecular weight is 184 g/mol. The van der Waals surface area contributed by atoms with Gasteiger partial charge < -0.3 is 16.2 Å². The van der Waals surface area contributed by atoms with Crippen LogP contribution in [0.25, 0.3) is 0 Å². The quantitative estimate of drug-likeness (QED) is 0.622. The van der Waals surface area contributed by atoms with Crippen molar-refractivity contribution >= 4 is 0 Å². The van der Waals surface area contributed by atoms with Crippen LogP contribution < -0.4 is 11.5 Å². The Kier molecular flexibility index (Phi) is 6.88. The highest BCUT2D eigenvalue weighted by atomic mass is 16.5. The number of rotatable bonds is 6. The van der Waals surface area contributed by atoms with Crippen molar-refractivity contribution in [1.82, 2.24) is 0 Å². The fourth-order valence-corrected chi connectivity index (χ4v) is 0.904. The monoisotopic (exact) mass is 184 g/mol. The van der Waals surface area contributed by atoms with Crippen molar-refractivity contribution < 1.29 is 4.74 Å². The molecule has 0 heterocycles. The Morgan fingerprint density at radius 1 is 1.00 bits per heavy atom. The molecule has 3 nitrogen and oxygen atoms in total. The van der Waals surface area contributed by atoms with Gasteiger partial charge in [-0.1, -0.05) is 26.7 Å². The van der Waals surface area contributed by atoms with Crippen molar-refractivity contribution in [3.63, 3.8) is 0 Å². The third kappa shape index (κ3) is 7.25. The van der Waals surface area contributed by atoms with E-state index in [1.54, 1.807) is 12.5 Å². The number of hydrogen-bond donors (Lipinski definition) is 2. The van der Waals surface area contributed by atoms with Gasteiger partial charge >= 0.3 is 0 Å². The first-order valence-corrected chi connectivity index (χ1v) is 4.75. The lowest BCUT2D eigenvalue weighted by Crippen LogP contribution is -1.99. The van der Waals surface area contributed by atoms with E-state index in [1.165, 1.54) is 0 Å². The molecule has 13 heavy (non-hydrogen) atoms. The molecular formula is C10H20N2O. The lowest BCUT2D eigenvalue weighted by atomic mass is 10.3. The summed E-state index contributed by atoms with van der Waals surface area (Å²) in [6.07, 6.45) is 6.88. The normalized spacial score (nSPS) is 13.1. The molecule has 0 saturated heterocycles. The van der Waals surface area contributed by atoms with Gasteiger partial charge in [0.25, 0.3) is 0 Å². The maximum Gasteiger partial charge on any atom is 0.109 e. The van der Waals surface area contributed by atoms with Crippen molar-refractivity contribution in [2.45, 2.75) is 39.5 Å². The predicted octanol–water partition coefficient (Wildman–Crippen LogP) is 2.20. The lowest BCUT2D eigenvalue weighted by molar-refractivity contribution is 0.388. The molecule has 0 bridgehead atoms. The summed E-state index contributed by atoms with van der Waals surface area (Å²) in [6.45, 7) is 4.14. The van der Waals surface area contributed by atoms with E-state index in [9.17, 15) is 0 Å². The zero-order valence-electron chi connectivity index (χ0n) is 8.55. The van der Waals surface area contributed by atoms with Crippen molar-refractivity contribution in [3.8, 4) is 0 Å². The number of ether oxygens (including phenoxy) is 1. The van der Waals surface area contributed by atoms with Crippen LogP contribution in [0.5, 0.6) is 0 Å². The Hall–Kier alpha value is -1.12. The fraction of sp³-hybridized carbons (Fsp3) is 0.600. The topological polar surface area (TPSA) is 61.3 Å². The van der Waals surface area contributed by atoms with E-state index < -0.39 is 0 Å². The summed E-state index contributed by atoms with van der Waals surface area (Å²) in [6, 6.07) is 0. The van der Waals surface area contributed by atoms with E-state index in [0.717, 1.165) is 37.1 Å². The van der Waals surface area contributed by atoms with Gasteiger partial charge in [-0.05, 0) is 12.8 Å². The number of allylic oxidation sites excluding steroid dienone is 2. The van der Waals surface area contributed by atoms with E-state index in [1.807, 2.05) is 0 Å². The van der Waals surface area contributed by atoms with Gasteiger partial charge in [0.1, 0.15) is 12.5 Å². The second kappa shape index (κ2) is 7.53. The maximum atomic E-state index is 5.61. The van der Waals surface area contributed by atoms with E-state index in [0.29, 0.717) is 0 Å². The molecule has 0 aliphatic rings. The van der Waals surface area contributed by atoms with Gasteiger partial charge in [0.15, 0.2) is 0 Å². The summed E-state index contributed by atoms with van der Waals surface area (Å²) in [5.74, 6) is 0. The molecule has 3 heteroatoms. The first-order chi connectivity index (χ1) is 6.20. The number of hydrogen-bond acceptors (Lipinski definition) is 3. The largest absolute Gasteiger partial charge is 0.469 e. The molecule has 0 aliphatic carbocycles. The van der Waals surface area contributed by atoms with Crippen LogP contribution in [0.1, 0.15) is 39.5 Å². The van der Waals surface area contributed by atoms with E-state index in [2.05, 4.69) is 13.8 Å². The highest BCUT2D eigenvalue weighted by molar-refractivity contribution is 4.95. The molecule has 0 amide bonds. The third-order valence-corrected chi connectivity index (χ3v) is 1.52. The summed E-state index contributed by atoms with van der Waals surface area (Å²) in [5.41, 5.74) is 12.7. The van der Waals surface area contributed by atoms with Gasteiger partial charge in [0.05, 0.1) is 0 Å². The summed E-state index contributed by atoms with van der Waals surface area (Å²) < 4.78 is 5.09. The smallest absolute Gasteiger partial charge is 0.109 e. The van der Waals surface area contributed by atoms with Crippen LogP contribution in [0, 0.1) is 0 Å². The van der Waals surface area contributed by atoms with E-state index >= 15 is 0 Å². The molecule has 0 saturated carbocycles. The van der Waals surface area contributed by atoms with Crippen LogP contribution in [0.3, 0.4) is 0 Å². The molecule has 0 atom stereocenters. The zero-order chi connectivity index (χ0) is 10.1. The minimum Gasteiger partial charge on any atom is -0.469 e. The van der Waals surface area contributed by atoms with Crippen LogP contribution in [-0.2, 0) is 4.74 Å². The van der Waals surface area contributed by atoms with Gasteiger partial charge in [-0.15, -0.1) is 0 Å². The van der Waals surface area contributed by atoms with Crippen molar-refractivity contribution in [1.29, 1.82) is 0 Å². The molecule has 0 spiro atoms. The first kappa shape index (κ1) is 11.9. The first-order valence-electron chi connectivity index (χ1n) is 4.75. The van der Waals surface area contributed by atoms with Crippen LogP contribution in [0.4, 0.5) is 0 Å². The van der Waals surface area contributed by atoms with E-state index in [4.69, 9.17) is 16.2 Å². The van der Waals surface area contributed by atoms with E-state index in [-0.39, 0.29) is 0 Å². The van der Waals surface area contributed by atoms with Crippen molar-refractivity contribution in [2.24, 2.45) is 11.5 Å². The maximum absolute atomic E-state index is 5.61. The van der Waals surface area contributed by atoms with Gasteiger partial charge in [-0.2, -0.15) is 0 Å². The number of nitrogens with two attached hydrogens (primary N) is 2. The van der Waals surface area contributed by atoms with Gasteiger partial charge in [0.2, 0.25) is 0 Å². The Morgan fingerprint density at radius 2 is 1.38 bits per heavy atom. The molecule has 0 unspecified atom stereocenters. The molecule has 0 aromatic carbocycles. The predicted molar refractivity (Wildman–Crippen MR) is 55.4 cm³/mol. The Labute approximate surface area is 80.4 Å². The van der Waals surface area contributed by atoms with Crippen molar-refractivity contribution in [2.75, 3.05) is 0 Å². The fourth-order valence-electron chi connectivity index (χ4n) is 0.904. The van der Waals surface area contributed by atoms with Crippen LogP contribution in [0.2, 0.25) is 0 Å². The minimum absolute atomic E-state index is 0.753. The molecule has 4 N–H and O–H groups in total. The van der Waals surface area contributed by atoms with Gasteiger partial charge in [-0.25, -0.2) is 0 Å². The van der Waals surface area contributed by atoms with Gasteiger partial charge in [0, 0.05) is 11.4 Å². The summed E-state index contributed by atoms with van der Waals surface area (Å²) in [4.78, 5) is 0. The molecule has 0 radical (unpaired) electrons.